The van der Waals surface area contributed by atoms with Gasteiger partial charge in [0.15, 0.2) is 0 Å². The third-order valence-electron chi connectivity index (χ3n) is 6.26. The Kier molecular flexibility index (Phi) is 5.14. The topological polar surface area (TPSA) is 102 Å². The first-order chi connectivity index (χ1) is 14.3. The first-order valence-electron chi connectivity index (χ1n) is 9.63. The second-order valence-corrected chi connectivity index (χ2v) is 13.0. The zero-order valence-electron chi connectivity index (χ0n) is 17.3. The zero-order valence-corrected chi connectivity index (χ0v) is 18.9. The molecule has 14 heteroatoms. The molecule has 4 rings (SSSR count). The Morgan fingerprint density at radius 3 is 2.03 bits per heavy atom. The van der Waals surface area contributed by atoms with Crippen LogP contribution >= 0.6 is 10.2 Å². The second kappa shape index (κ2) is 6.71. The lowest BCUT2D eigenvalue weighted by molar-refractivity contribution is 0.0521. The summed E-state index contributed by atoms with van der Waals surface area (Å²) >= 11 is 0. The maximum absolute atomic E-state index is 13.4. The first-order valence-corrected chi connectivity index (χ1v) is 13.0. The van der Waals surface area contributed by atoms with E-state index in [1.165, 1.54) is 0 Å². The third kappa shape index (κ3) is 4.79. The molecule has 0 aliphatic heterocycles. The van der Waals surface area contributed by atoms with Crippen molar-refractivity contribution < 1.29 is 32.6 Å². The van der Waals surface area contributed by atoms with Gasteiger partial charge in [0.2, 0.25) is 0 Å². The number of carbonyl (C=O) groups excluding carboxylic acids is 1. The predicted molar refractivity (Wildman–Crippen MR) is 110 cm³/mol. The van der Waals surface area contributed by atoms with E-state index < -0.39 is 53.4 Å². The molecule has 7 nitrogen and oxygen atoms in total. The minimum Gasteiger partial charge on any atom is -0.347 e. The van der Waals surface area contributed by atoms with E-state index in [4.69, 9.17) is 0 Å². The molecule has 0 atom stereocenters. The molecule has 0 spiro atoms. The number of hydrogen-bond acceptors (Lipinski definition) is 4. The molecule has 3 aliphatic rings. The van der Waals surface area contributed by atoms with E-state index in [0.29, 0.717) is 44.6 Å². The molecule has 1 amide bonds. The van der Waals surface area contributed by atoms with Gasteiger partial charge in [-0.3, -0.25) is 9.52 Å². The normalized spacial score (nSPS) is 27.8. The van der Waals surface area contributed by atoms with Crippen molar-refractivity contribution in [2.45, 2.75) is 49.0 Å². The SMILES string of the molecule is CN(C)S(=O)(=O)Nc1ccc(S(F)(F)(F)(F)F)cc1C(=O)NC12CCC(C#N)(CC1)CC2. The second-order valence-electron chi connectivity index (χ2n) is 8.69. The largest absolute Gasteiger partial charge is 0.347 e. The molecule has 2 N–H and O–H groups in total. The summed E-state index contributed by atoms with van der Waals surface area (Å²) < 4.78 is 93.8. The van der Waals surface area contributed by atoms with Gasteiger partial charge in [-0.1, -0.05) is 19.4 Å². The summed E-state index contributed by atoms with van der Waals surface area (Å²) in [5, 5.41) is 12.0. The Hall–Kier alpha value is -2.11. The number of nitriles is 1. The number of fused-ring (bicyclic) bond motifs is 3. The Bertz CT molecular complexity index is 1090. The van der Waals surface area contributed by atoms with Gasteiger partial charge in [-0.2, -0.15) is 18.0 Å². The average Bonchev–Trinajstić information content (AvgIpc) is 2.67. The van der Waals surface area contributed by atoms with Gasteiger partial charge in [0.25, 0.3) is 5.91 Å². The molecule has 0 aromatic heterocycles. The number of nitrogens with zero attached hydrogens (tertiary/aromatic N) is 2. The number of amides is 1. The van der Waals surface area contributed by atoms with Gasteiger partial charge in [0, 0.05) is 19.6 Å². The van der Waals surface area contributed by atoms with E-state index >= 15 is 0 Å². The van der Waals surface area contributed by atoms with E-state index in [-0.39, 0.29) is 12.1 Å². The van der Waals surface area contributed by atoms with Crippen LogP contribution in [0.15, 0.2) is 23.1 Å². The van der Waals surface area contributed by atoms with Crippen molar-refractivity contribution >= 4 is 32.0 Å². The highest BCUT2D eigenvalue weighted by atomic mass is 32.5. The van der Waals surface area contributed by atoms with Crippen LogP contribution in [-0.4, -0.2) is 38.3 Å². The van der Waals surface area contributed by atoms with Crippen LogP contribution in [0.5, 0.6) is 0 Å². The Morgan fingerprint density at radius 2 is 1.59 bits per heavy atom. The number of rotatable bonds is 6. The fourth-order valence-corrected chi connectivity index (χ4v) is 5.42. The smallest absolute Gasteiger partial charge is 0.310 e. The van der Waals surface area contributed by atoms with E-state index in [0.717, 1.165) is 18.4 Å². The molecule has 2 bridgehead atoms. The molecule has 0 saturated heterocycles. The van der Waals surface area contributed by atoms with Crippen LogP contribution in [0.3, 0.4) is 0 Å². The Labute approximate surface area is 182 Å². The highest BCUT2D eigenvalue weighted by molar-refractivity contribution is 8.45. The van der Waals surface area contributed by atoms with Gasteiger partial charge in [-0.05, 0) is 56.7 Å². The van der Waals surface area contributed by atoms with Crippen LogP contribution in [0.2, 0.25) is 0 Å². The van der Waals surface area contributed by atoms with Crippen LogP contribution in [0.25, 0.3) is 0 Å². The van der Waals surface area contributed by atoms with Gasteiger partial charge in [0.1, 0.15) is 4.90 Å². The Morgan fingerprint density at radius 1 is 1.06 bits per heavy atom. The summed E-state index contributed by atoms with van der Waals surface area (Å²) in [6, 6.07) is 2.82. The molecule has 1 aromatic carbocycles. The van der Waals surface area contributed by atoms with Crippen LogP contribution in [0.4, 0.5) is 25.1 Å². The molecule has 0 radical (unpaired) electrons. The number of nitrogens with one attached hydrogen (secondary N) is 2. The zero-order chi connectivity index (χ0) is 24.3. The summed E-state index contributed by atoms with van der Waals surface area (Å²) in [4.78, 5) is 10.7. The maximum Gasteiger partial charge on any atom is 0.310 e. The number of anilines is 1. The molecular weight excluding hydrogens is 479 g/mol. The number of benzene rings is 1. The fraction of sp³-hybridized carbons (Fsp3) is 0.556. The van der Waals surface area contributed by atoms with Gasteiger partial charge >= 0.3 is 20.4 Å². The number of carbonyl (C=O) groups is 1. The van der Waals surface area contributed by atoms with E-state index in [1.807, 2.05) is 4.72 Å². The molecule has 3 fully saturated rings. The van der Waals surface area contributed by atoms with Gasteiger partial charge < -0.3 is 5.32 Å². The van der Waals surface area contributed by atoms with E-state index in [1.54, 1.807) is 0 Å². The first kappa shape index (κ1) is 24.5. The highest BCUT2D eigenvalue weighted by Crippen LogP contribution is 3.02. The molecule has 1 aromatic rings. The van der Waals surface area contributed by atoms with Gasteiger partial charge in [0.05, 0.1) is 22.7 Å². The third-order valence-corrected chi connectivity index (χ3v) is 8.85. The molecule has 180 valence electrons. The van der Waals surface area contributed by atoms with Crippen LogP contribution in [0, 0.1) is 16.7 Å². The lowest BCUT2D eigenvalue weighted by atomic mass is 9.58. The number of hydrogen-bond donors (Lipinski definition) is 2. The summed E-state index contributed by atoms with van der Waals surface area (Å²) in [6.45, 7) is 0. The summed E-state index contributed by atoms with van der Waals surface area (Å²) in [5.74, 6) is -1.10. The fourth-order valence-electron chi connectivity index (χ4n) is 4.12. The standard InChI is InChI=1S/C18H23F5N4O3S2/c1-27(2)31(29,30)26-15-4-3-13(32(19,20,21,22)23)11-14(15)16(28)25-18-8-5-17(12-24,6-9-18)7-10-18/h3-4,11,26H,5-10H2,1-2H3,(H,25,28). The molecular formula is C18H23F5N4O3S2. The van der Waals surface area contributed by atoms with Crippen molar-refractivity contribution in [1.82, 2.24) is 9.62 Å². The van der Waals surface area contributed by atoms with Crippen LogP contribution in [-0.2, 0) is 10.2 Å². The van der Waals surface area contributed by atoms with E-state index in [2.05, 4.69) is 11.4 Å². The molecule has 3 aliphatic carbocycles. The predicted octanol–water partition coefficient (Wildman–Crippen LogP) is 4.91. The van der Waals surface area contributed by atoms with Gasteiger partial charge in [-0.15, -0.1) is 0 Å². The lowest BCUT2D eigenvalue weighted by Crippen LogP contribution is -2.56. The average molecular weight is 503 g/mol. The van der Waals surface area contributed by atoms with Gasteiger partial charge in [-0.25, -0.2) is 0 Å². The quantitative estimate of drug-likeness (QED) is 0.540. The van der Waals surface area contributed by atoms with Crippen molar-refractivity contribution in [1.29, 1.82) is 5.26 Å². The maximum atomic E-state index is 13.4. The molecule has 3 saturated carbocycles. The van der Waals surface area contributed by atoms with Crippen LogP contribution in [0.1, 0.15) is 48.9 Å². The monoisotopic (exact) mass is 502 g/mol. The molecule has 0 heterocycles. The van der Waals surface area contributed by atoms with Crippen molar-refractivity contribution in [3.63, 3.8) is 0 Å². The highest BCUT2D eigenvalue weighted by Gasteiger charge is 2.65. The minimum atomic E-state index is -10.1. The summed E-state index contributed by atoms with van der Waals surface area (Å²) in [7, 11) is -12.1. The molecule has 0 unspecified atom stereocenters. The van der Waals surface area contributed by atoms with Crippen molar-refractivity contribution in [2.24, 2.45) is 5.41 Å². The van der Waals surface area contributed by atoms with Crippen molar-refractivity contribution in [2.75, 3.05) is 18.8 Å². The molecule has 32 heavy (non-hydrogen) atoms. The lowest BCUT2D eigenvalue weighted by Gasteiger charge is -2.50. The minimum absolute atomic E-state index is 0.0216. The summed E-state index contributed by atoms with van der Waals surface area (Å²) in [5.41, 5.74) is -2.70. The van der Waals surface area contributed by atoms with Crippen molar-refractivity contribution in [3.8, 4) is 6.07 Å². The Balaban J connectivity index is 2.01. The van der Waals surface area contributed by atoms with E-state index in [9.17, 15) is 37.9 Å². The number of halogens is 5. The van der Waals surface area contributed by atoms with Crippen molar-refractivity contribution in [3.05, 3.63) is 23.8 Å². The summed E-state index contributed by atoms with van der Waals surface area (Å²) in [6.07, 6.45) is 2.71. The van der Waals surface area contributed by atoms with Crippen LogP contribution < -0.4 is 10.0 Å².